The third-order valence-electron chi connectivity index (χ3n) is 1.70. The van der Waals surface area contributed by atoms with Crippen LogP contribution < -0.4 is 0 Å². The molecule has 1 atom stereocenters. The highest BCUT2D eigenvalue weighted by Gasteiger charge is 2.22. The lowest BCUT2D eigenvalue weighted by molar-refractivity contribution is -0.136. The zero-order valence-electron chi connectivity index (χ0n) is 4.76. The maximum Gasteiger partial charge on any atom is 0.298 e. The Morgan fingerprint density at radius 2 is 2.50 bits per heavy atom. The van der Waals surface area contributed by atoms with Crippen LogP contribution in [0.4, 0.5) is 0 Å². The third-order valence-corrected chi connectivity index (χ3v) is 1.70. The number of aliphatic carboxylic acids is 1. The van der Waals surface area contributed by atoms with Crippen LogP contribution in [0.2, 0.25) is 12.1 Å². The van der Waals surface area contributed by atoms with Crippen LogP contribution in [0, 0.1) is 0 Å². The first-order valence-corrected chi connectivity index (χ1v) is 3.03. The standard InChI is InChI=1S/C5H9BO2/c7-5(8)4-2-1-3-6-4/h4,6H,1-3H2,(H,7,8). The highest BCUT2D eigenvalue weighted by molar-refractivity contribution is 6.44. The first-order chi connectivity index (χ1) is 3.80. The molecule has 0 aromatic rings. The molecule has 0 amide bonds. The fourth-order valence-electron chi connectivity index (χ4n) is 1.17. The summed E-state index contributed by atoms with van der Waals surface area (Å²) in [6, 6.07) is 0. The molecule has 1 aliphatic rings. The Bertz CT molecular complexity index is 96.6. The van der Waals surface area contributed by atoms with E-state index < -0.39 is 5.97 Å². The van der Waals surface area contributed by atoms with E-state index in [0.29, 0.717) is 0 Å². The van der Waals surface area contributed by atoms with Crippen molar-refractivity contribution in [2.75, 3.05) is 0 Å². The Kier molecular flexibility index (Phi) is 1.56. The number of carbonyl (C=O) groups is 1. The summed E-state index contributed by atoms with van der Waals surface area (Å²) in [5.74, 6) is -0.627. The molecule has 44 valence electrons. The largest absolute Gasteiger partial charge is 0.482 e. The fourth-order valence-corrected chi connectivity index (χ4v) is 1.17. The summed E-state index contributed by atoms with van der Waals surface area (Å²) in [6.45, 7) is 0. The molecule has 0 radical (unpaired) electrons. The Labute approximate surface area is 49.1 Å². The molecule has 3 heteroatoms. The van der Waals surface area contributed by atoms with Gasteiger partial charge in [-0.05, 0) is 6.42 Å². The summed E-state index contributed by atoms with van der Waals surface area (Å²) in [5.41, 5.74) is 0. The summed E-state index contributed by atoms with van der Waals surface area (Å²) >= 11 is 0. The van der Waals surface area contributed by atoms with Crippen molar-refractivity contribution in [2.45, 2.75) is 25.0 Å². The predicted octanol–water partition coefficient (Wildman–Crippen LogP) is 0.508. The molecule has 0 aromatic carbocycles. The minimum atomic E-state index is -0.609. The number of rotatable bonds is 1. The Hall–Kier alpha value is -0.465. The second-order valence-electron chi connectivity index (χ2n) is 2.32. The molecule has 0 spiro atoms. The van der Waals surface area contributed by atoms with Crippen LogP contribution in [0.3, 0.4) is 0 Å². The maximum atomic E-state index is 10.2. The second kappa shape index (κ2) is 2.20. The fraction of sp³-hybridized carbons (Fsp3) is 0.800. The summed E-state index contributed by atoms with van der Waals surface area (Å²) < 4.78 is 0. The molecular weight excluding hydrogens is 103 g/mol. The third kappa shape index (κ3) is 1.03. The van der Waals surface area contributed by atoms with E-state index in [-0.39, 0.29) is 5.82 Å². The van der Waals surface area contributed by atoms with Crippen LogP contribution in [-0.2, 0) is 4.79 Å². The first-order valence-electron chi connectivity index (χ1n) is 3.03. The van der Waals surface area contributed by atoms with Gasteiger partial charge in [-0.3, -0.25) is 4.79 Å². The molecule has 0 aliphatic carbocycles. The Morgan fingerprint density at radius 1 is 1.75 bits per heavy atom. The van der Waals surface area contributed by atoms with Gasteiger partial charge >= 0.3 is 0 Å². The van der Waals surface area contributed by atoms with Crippen molar-refractivity contribution in [3.8, 4) is 0 Å². The quantitative estimate of drug-likeness (QED) is 0.501. The van der Waals surface area contributed by atoms with Crippen molar-refractivity contribution in [1.82, 2.24) is 0 Å². The topological polar surface area (TPSA) is 37.3 Å². The number of hydrogen-bond donors (Lipinski definition) is 1. The number of carboxylic acids is 1. The maximum absolute atomic E-state index is 10.2. The van der Waals surface area contributed by atoms with Crippen LogP contribution in [0.1, 0.15) is 12.8 Å². The molecule has 1 rings (SSSR count). The van der Waals surface area contributed by atoms with Crippen molar-refractivity contribution in [3.05, 3.63) is 0 Å². The van der Waals surface area contributed by atoms with Gasteiger partial charge in [-0.15, -0.1) is 0 Å². The molecule has 8 heavy (non-hydrogen) atoms. The second-order valence-corrected chi connectivity index (χ2v) is 2.32. The molecule has 1 fully saturated rings. The van der Waals surface area contributed by atoms with Crippen molar-refractivity contribution in [1.29, 1.82) is 0 Å². The van der Waals surface area contributed by atoms with E-state index in [1.165, 1.54) is 0 Å². The van der Waals surface area contributed by atoms with Crippen molar-refractivity contribution < 1.29 is 9.90 Å². The summed E-state index contributed by atoms with van der Waals surface area (Å²) in [4.78, 5) is 10.2. The normalized spacial score (nSPS) is 27.2. The van der Waals surface area contributed by atoms with Gasteiger partial charge in [0.25, 0.3) is 5.97 Å². The van der Waals surface area contributed by atoms with E-state index in [0.717, 1.165) is 26.4 Å². The van der Waals surface area contributed by atoms with Gasteiger partial charge in [0.1, 0.15) is 7.28 Å². The minimum Gasteiger partial charge on any atom is -0.482 e. The molecule has 2 nitrogen and oxygen atoms in total. The van der Waals surface area contributed by atoms with Gasteiger partial charge in [-0.1, -0.05) is 12.7 Å². The van der Waals surface area contributed by atoms with Crippen molar-refractivity contribution >= 4 is 13.2 Å². The van der Waals surface area contributed by atoms with Crippen molar-refractivity contribution in [3.63, 3.8) is 0 Å². The Balaban J connectivity index is 2.35. The molecule has 0 aromatic heterocycles. The SMILES string of the molecule is O=C(O)C1BCCC1. The van der Waals surface area contributed by atoms with Crippen LogP contribution in [0.15, 0.2) is 0 Å². The highest BCUT2D eigenvalue weighted by Crippen LogP contribution is 2.23. The molecular formula is C5H9BO2. The van der Waals surface area contributed by atoms with Gasteiger partial charge in [0.2, 0.25) is 0 Å². The molecule has 1 heterocycles. The average Bonchev–Trinajstić information content (AvgIpc) is 2.12. The summed E-state index contributed by atoms with van der Waals surface area (Å²) in [7, 11) is 0.898. The monoisotopic (exact) mass is 112 g/mol. The average molecular weight is 112 g/mol. The lowest BCUT2D eigenvalue weighted by Crippen LogP contribution is -2.07. The van der Waals surface area contributed by atoms with E-state index in [1.54, 1.807) is 0 Å². The van der Waals surface area contributed by atoms with Gasteiger partial charge < -0.3 is 5.11 Å². The Morgan fingerprint density at radius 3 is 2.75 bits per heavy atom. The van der Waals surface area contributed by atoms with Gasteiger partial charge in [0.05, 0.1) is 0 Å². The zero-order valence-corrected chi connectivity index (χ0v) is 4.76. The van der Waals surface area contributed by atoms with Gasteiger partial charge in [0, 0.05) is 5.82 Å². The van der Waals surface area contributed by atoms with Gasteiger partial charge in [-0.2, -0.15) is 0 Å². The molecule has 1 aliphatic heterocycles. The smallest absolute Gasteiger partial charge is 0.298 e. The van der Waals surface area contributed by atoms with E-state index in [4.69, 9.17) is 5.11 Å². The zero-order chi connectivity index (χ0) is 5.98. The van der Waals surface area contributed by atoms with Crippen molar-refractivity contribution in [2.24, 2.45) is 0 Å². The van der Waals surface area contributed by atoms with Crippen LogP contribution in [-0.4, -0.2) is 18.4 Å². The van der Waals surface area contributed by atoms with E-state index in [9.17, 15) is 4.79 Å². The molecule has 0 bridgehead atoms. The summed E-state index contributed by atoms with van der Waals surface area (Å²) in [5, 5.41) is 8.41. The van der Waals surface area contributed by atoms with E-state index >= 15 is 0 Å². The molecule has 1 N–H and O–H groups in total. The van der Waals surface area contributed by atoms with E-state index in [2.05, 4.69) is 0 Å². The lowest BCUT2D eigenvalue weighted by atomic mass is 9.67. The number of carboxylic acid groups (broad SMARTS) is 1. The van der Waals surface area contributed by atoms with Crippen LogP contribution in [0.25, 0.3) is 0 Å². The lowest BCUT2D eigenvalue weighted by Gasteiger charge is -1.96. The predicted molar refractivity (Wildman–Crippen MR) is 32.6 cm³/mol. The molecule has 1 saturated heterocycles. The van der Waals surface area contributed by atoms with Crippen LogP contribution >= 0.6 is 0 Å². The first kappa shape index (κ1) is 5.67. The molecule has 0 saturated carbocycles. The summed E-state index contributed by atoms with van der Waals surface area (Å²) in [6.07, 6.45) is 3.11. The minimum absolute atomic E-state index is 0.0185. The highest BCUT2D eigenvalue weighted by atomic mass is 16.4. The van der Waals surface area contributed by atoms with Crippen LogP contribution in [0.5, 0.6) is 0 Å². The number of hydrogen-bond acceptors (Lipinski definition) is 1. The van der Waals surface area contributed by atoms with E-state index in [1.807, 2.05) is 0 Å². The molecule has 1 unspecified atom stereocenters. The van der Waals surface area contributed by atoms with Gasteiger partial charge in [-0.25, -0.2) is 0 Å². The van der Waals surface area contributed by atoms with Gasteiger partial charge in [0.15, 0.2) is 0 Å².